The number of benzene rings is 2. The minimum atomic E-state index is -3.89. The summed E-state index contributed by atoms with van der Waals surface area (Å²) in [4.78, 5) is 11.6. The zero-order valence-corrected chi connectivity index (χ0v) is 21.0. The Balaban J connectivity index is 1.73. The molecule has 0 saturated carbocycles. The summed E-state index contributed by atoms with van der Waals surface area (Å²) in [6.45, 7) is 1.46. The Kier molecular flexibility index (Phi) is 8.62. The predicted octanol–water partition coefficient (Wildman–Crippen LogP) is 2.93. The second-order valence-electron chi connectivity index (χ2n) is 7.84. The molecule has 0 aliphatic heterocycles. The monoisotopic (exact) mass is 528 g/mol. The summed E-state index contributed by atoms with van der Waals surface area (Å²) >= 11 is 12.7. The third-order valence-electron chi connectivity index (χ3n) is 5.52. The molecule has 184 valence electrons. The van der Waals surface area contributed by atoms with Crippen LogP contribution in [-0.2, 0) is 33.0 Å². The van der Waals surface area contributed by atoms with E-state index in [2.05, 4.69) is 10.1 Å². The highest BCUT2D eigenvalue weighted by atomic mass is 35.5. The third kappa shape index (κ3) is 5.73. The first-order chi connectivity index (χ1) is 16.1. The van der Waals surface area contributed by atoms with E-state index in [1.807, 2.05) is 30.7 Å². The average molecular weight is 529 g/mol. The van der Waals surface area contributed by atoms with Gasteiger partial charge in [0.15, 0.2) is 15.6 Å². The molecule has 1 aromatic heterocycles. The van der Waals surface area contributed by atoms with Crippen molar-refractivity contribution in [3.05, 3.63) is 63.3 Å². The smallest absolute Gasteiger partial charge is 0.321 e. The summed E-state index contributed by atoms with van der Waals surface area (Å²) < 4.78 is 31.5. The summed E-state index contributed by atoms with van der Waals surface area (Å²) in [5.41, 5.74) is 3.43. The second-order valence-corrected chi connectivity index (χ2v) is 10.6. The van der Waals surface area contributed by atoms with Crippen LogP contribution in [0.5, 0.6) is 0 Å². The number of nitrogens with one attached hydrogen (secondary N) is 1. The number of aryl methyl sites for hydroxylation is 2. The van der Waals surface area contributed by atoms with E-state index in [0.29, 0.717) is 22.2 Å². The fraction of sp³-hybridized carbons (Fsp3) is 0.348. The Bertz CT molecular complexity index is 1290. The molecule has 0 radical (unpaired) electrons. The summed E-state index contributed by atoms with van der Waals surface area (Å²) in [6, 6.07) is 9.39. The number of fused-ring (bicyclic) bond motifs is 1. The molecule has 0 aliphatic carbocycles. The Morgan fingerprint density at radius 1 is 1.15 bits per heavy atom. The van der Waals surface area contributed by atoms with Crippen LogP contribution >= 0.6 is 23.2 Å². The summed E-state index contributed by atoms with van der Waals surface area (Å²) in [7, 11) is -1.97. The molecular formula is C23H26Cl2N2O6S. The molecule has 0 bridgehead atoms. The molecule has 0 aliphatic rings. The Labute approximate surface area is 208 Å². The number of aliphatic hydroxyl groups is 2. The van der Waals surface area contributed by atoms with Gasteiger partial charge in [-0.05, 0) is 42.3 Å². The lowest BCUT2D eigenvalue weighted by Gasteiger charge is -2.17. The number of ether oxygens (including phenoxy) is 1. The number of esters is 1. The van der Waals surface area contributed by atoms with Crippen LogP contribution in [0.4, 0.5) is 0 Å². The van der Waals surface area contributed by atoms with Crippen LogP contribution in [0.25, 0.3) is 10.9 Å². The summed E-state index contributed by atoms with van der Waals surface area (Å²) in [6.07, 6.45) is 0. The van der Waals surface area contributed by atoms with E-state index < -0.39 is 27.6 Å². The first-order valence-corrected chi connectivity index (χ1v) is 12.9. The van der Waals surface area contributed by atoms with Gasteiger partial charge in [0.25, 0.3) is 0 Å². The lowest BCUT2D eigenvalue weighted by Crippen LogP contribution is -2.25. The highest BCUT2D eigenvalue weighted by Gasteiger charge is 2.21. The molecule has 8 nitrogen and oxygen atoms in total. The Morgan fingerprint density at radius 2 is 1.82 bits per heavy atom. The first-order valence-electron chi connectivity index (χ1n) is 10.5. The molecule has 3 aromatic rings. The van der Waals surface area contributed by atoms with Gasteiger partial charge in [0, 0.05) is 30.2 Å². The lowest BCUT2D eigenvalue weighted by molar-refractivity contribution is -0.141. The normalized spacial score (nSPS) is 12.8. The number of carbonyl (C=O) groups is 1. The van der Waals surface area contributed by atoms with Gasteiger partial charge in [0.05, 0.1) is 34.2 Å². The molecule has 2 aromatic carbocycles. The average Bonchev–Trinajstić information content (AvgIpc) is 3.12. The standard InChI is InChI=1S/C23H26Cl2N2O6S/c1-14-9-20-18(23(25)22(14)24)10-16(27(20)2)11-26-19(12-29)15-3-5-17(6-4-15)34(31,32)13-21(30)33-8-7-28/h3-6,9-10,19,26,28-29H,7-8,11-13H2,1-2H3/t19-/m1/s1. The first kappa shape index (κ1) is 26.5. The van der Waals surface area contributed by atoms with E-state index in [0.717, 1.165) is 22.2 Å². The van der Waals surface area contributed by atoms with Crippen LogP contribution in [0.3, 0.4) is 0 Å². The van der Waals surface area contributed by atoms with Gasteiger partial charge in [0.1, 0.15) is 6.61 Å². The molecule has 0 spiro atoms. The second kappa shape index (κ2) is 11.1. The molecular weight excluding hydrogens is 503 g/mol. The molecule has 1 heterocycles. The number of halogens is 2. The van der Waals surface area contributed by atoms with Crippen molar-refractivity contribution in [2.24, 2.45) is 7.05 Å². The molecule has 11 heteroatoms. The Morgan fingerprint density at radius 3 is 2.44 bits per heavy atom. The number of sulfone groups is 1. The maximum Gasteiger partial charge on any atom is 0.321 e. The zero-order valence-electron chi connectivity index (χ0n) is 18.7. The van der Waals surface area contributed by atoms with Crippen molar-refractivity contribution in [1.82, 2.24) is 9.88 Å². The van der Waals surface area contributed by atoms with Crippen molar-refractivity contribution < 1.29 is 28.2 Å². The molecule has 34 heavy (non-hydrogen) atoms. The SMILES string of the molecule is Cc1cc2c(cc(CN[C@H](CO)c3ccc(S(=O)(=O)CC(=O)OCCO)cc3)n2C)c(Cl)c1Cl. The van der Waals surface area contributed by atoms with Crippen LogP contribution in [0.1, 0.15) is 22.9 Å². The predicted molar refractivity (Wildman–Crippen MR) is 131 cm³/mol. The van der Waals surface area contributed by atoms with E-state index in [9.17, 15) is 18.3 Å². The van der Waals surface area contributed by atoms with Gasteiger partial charge in [-0.3, -0.25) is 4.79 Å². The van der Waals surface area contributed by atoms with Crippen molar-refractivity contribution in [3.8, 4) is 0 Å². The molecule has 0 amide bonds. The largest absolute Gasteiger partial charge is 0.462 e. The number of hydrogen-bond donors (Lipinski definition) is 3. The van der Waals surface area contributed by atoms with Crippen LogP contribution in [0.2, 0.25) is 10.0 Å². The fourth-order valence-electron chi connectivity index (χ4n) is 3.62. The minimum Gasteiger partial charge on any atom is -0.462 e. The third-order valence-corrected chi connectivity index (χ3v) is 8.11. The number of aliphatic hydroxyl groups excluding tert-OH is 2. The van der Waals surface area contributed by atoms with Gasteiger partial charge in [-0.25, -0.2) is 8.42 Å². The van der Waals surface area contributed by atoms with Crippen LogP contribution in [0.15, 0.2) is 41.3 Å². The van der Waals surface area contributed by atoms with Crippen molar-refractivity contribution in [2.75, 3.05) is 25.6 Å². The number of aromatic nitrogens is 1. The van der Waals surface area contributed by atoms with E-state index in [1.165, 1.54) is 12.1 Å². The van der Waals surface area contributed by atoms with E-state index in [4.69, 9.17) is 28.3 Å². The van der Waals surface area contributed by atoms with Gasteiger partial charge in [-0.2, -0.15) is 0 Å². The molecule has 1 atom stereocenters. The molecule has 3 N–H and O–H groups in total. The zero-order chi connectivity index (χ0) is 25.0. The van der Waals surface area contributed by atoms with Crippen LogP contribution < -0.4 is 5.32 Å². The van der Waals surface area contributed by atoms with Crippen molar-refractivity contribution in [2.45, 2.75) is 24.4 Å². The van der Waals surface area contributed by atoms with E-state index >= 15 is 0 Å². The molecule has 0 saturated heterocycles. The number of rotatable bonds is 10. The van der Waals surface area contributed by atoms with Crippen LogP contribution in [0, 0.1) is 6.92 Å². The highest BCUT2D eigenvalue weighted by Crippen LogP contribution is 2.35. The lowest BCUT2D eigenvalue weighted by atomic mass is 10.1. The van der Waals surface area contributed by atoms with E-state index in [-0.39, 0.29) is 24.7 Å². The molecule has 0 unspecified atom stereocenters. The van der Waals surface area contributed by atoms with E-state index in [1.54, 1.807) is 12.1 Å². The molecule has 0 fully saturated rings. The van der Waals surface area contributed by atoms with Crippen molar-refractivity contribution >= 4 is 49.9 Å². The summed E-state index contributed by atoms with van der Waals surface area (Å²) in [5, 5.41) is 23.7. The van der Waals surface area contributed by atoms with Crippen molar-refractivity contribution in [3.63, 3.8) is 0 Å². The number of carbonyl (C=O) groups excluding carboxylic acids is 1. The minimum absolute atomic E-state index is 0.0375. The number of nitrogens with zero attached hydrogens (tertiary/aromatic N) is 1. The highest BCUT2D eigenvalue weighted by molar-refractivity contribution is 7.92. The maximum atomic E-state index is 12.4. The fourth-order valence-corrected chi connectivity index (χ4v) is 5.18. The van der Waals surface area contributed by atoms with Gasteiger partial charge in [-0.15, -0.1) is 0 Å². The Hall–Kier alpha value is -2.14. The topological polar surface area (TPSA) is 118 Å². The maximum absolute atomic E-state index is 12.4. The van der Waals surface area contributed by atoms with Gasteiger partial charge in [0.2, 0.25) is 0 Å². The van der Waals surface area contributed by atoms with Gasteiger partial charge >= 0.3 is 5.97 Å². The number of hydrogen-bond acceptors (Lipinski definition) is 7. The molecule has 3 rings (SSSR count). The quantitative estimate of drug-likeness (QED) is 0.346. The van der Waals surface area contributed by atoms with Gasteiger partial charge in [-0.1, -0.05) is 35.3 Å². The van der Waals surface area contributed by atoms with Crippen molar-refractivity contribution in [1.29, 1.82) is 0 Å². The van der Waals surface area contributed by atoms with Gasteiger partial charge < -0.3 is 24.8 Å². The van der Waals surface area contributed by atoms with Crippen LogP contribution in [-0.4, -0.2) is 54.7 Å². The summed E-state index contributed by atoms with van der Waals surface area (Å²) in [5.74, 6) is -1.75.